The third-order valence-corrected chi connectivity index (χ3v) is 7.70. The minimum Gasteiger partial charge on any atom is -0.456 e. The molecule has 2 heterocycles. The first kappa shape index (κ1) is 25.6. The van der Waals surface area contributed by atoms with E-state index in [0.29, 0.717) is 17.5 Å². The number of nitrogens with zero attached hydrogens (tertiary/aromatic N) is 4. The largest absolute Gasteiger partial charge is 0.456 e. The van der Waals surface area contributed by atoms with Crippen molar-refractivity contribution in [3.05, 3.63) is 158 Å². The van der Waals surface area contributed by atoms with Crippen LogP contribution in [0.15, 0.2) is 162 Å². The Kier molecular flexibility index (Phi) is 6.39. The minimum atomic E-state index is 0.597. The van der Waals surface area contributed by atoms with Gasteiger partial charge in [0.15, 0.2) is 17.5 Å². The second kappa shape index (κ2) is 11.0. The topological polar surface area (TPSA) is 55.1 Å². The molecule has 0 radical (unpaired) electrons. The number of benzene rings is 6. The molecule has 0 saturated heterocycles. The lowest BCUT2D eigenvalue weighted by molar-refractivity contribution is 0.669. The van der Waals surface area contributed by atoms with Gasteiger partial charge in [-0.15, -0.1) is 0 Å². The van der Waals surface area contributed by atoms with E-state index in [-0.39, 0.29) is 0 Å². The summed E-state index contributed by atoms with van der Waals surface area (Å²) in [4.78, 5) is 16.8. The smallest absolute Gasteiger partial charge is 0.164 e. The number of furan rings is 1. The van der Waals surface area contributed by atoms with Crippen LogP contribution in [0.3, 0.4) is 0 Å². The van der Waals surface area contributed by atoms with E-state index in [0.717, 1.165) is 55.7 Å². The van der Waals surface area contributed by atoms with Gasteiger partial charge in [-0.1, -0.05) is 103 Å². The van der Waals surface area contributed by atoms with Crippen LogP contribution in [0.25, 0.3) is 56.1 Å². The van der Waals surface area contributed by atoms with Gasteiger partial charge in [0.05, 0.1) is 0 Å². The van der Waals surface area contributed by atoms with Crippen molar-refractivity contribution in [3.8, 4) is 34.2 Å². The maximum Gasteiger partial charge on any atom is 0.164 e. The third-order valence-electron chi connectivity index (χ3n) is 7.70. The van der Waals surface area contributed by atoms with Crippen LogP contribution in [-0.4, -0.2) is 15.0 Å². The summed E-state index contributed by atoms with van der Waals surface area (Å²) in [5.41, 5.74) is 7.51. The van der Waals surface area contributed by atoms with Crippen molar-refractivity contribution < 1.29 is 4.42 Å². The molecular weight excluding hydrogens is 540 g/mol. The predicted molar refractivity (Wildman–Crippen MR) is 178 cm³/mol. The highest BCUT2D eigenvalue weighted by Crippen LogP contribution is 2.39. The van der Waals surface area contributed by atoms with Crippen molar-refractivity contribution in [2.75, 3.05) is 4.90 Å². The maximum absolute atomic E-state index is 6.51. The van der Waals surface area contributed by atoms with Gasteiger partial charge in [-0.25, -0.2) is 15.0 Å². The molecule has 44 heavy (non-hydrogen) atoms. The van der Waals surface area contributed by atoms with Crippen LogP contribution in [0, 0.1) is 0 Å². The standard InChI is InChI=1S/C39H26N4O/c1-5-13-27(14-6-1)37-40-38(28-15-7-2-8-16-28)42-39(41-37)29-21-23-33-34-24-22-32(26-36(34)44-35(33)25-29)43(30-17-9-3-10-18-30)31-19-11-4-12-20-31/h1-26H. The Bertz CT molecular complexity index is 2120. The first-order valence-electron chi connectivity index (χ1n) is 14.5. The molecule has 5 nitrogen and oxygen atoms in total. The van der Waals surface area contributed by atoms with E-state index in [1.54, 1.807) is 0 Å². The monoisotopic (exact) mass is 566 g/mol. The van der Waals surface area contributed by atoms with Gasteiger partial charge in [0.25, 0.3) is 0 Å². The van der Waals surface area contributed by atoms with Gasteiger partial charge in [-0.05, 0) is 48.5 Å². The molecule has 0 bridgehead atoms. The molecule has 208 valence electrons. The summed E-state index contributed by atoms with van der Waals surface area (Å²) in [6.45, 7) is 0. The van der Waals surface area contributed by atoms with Crippen LogP contribution >= 0.6 is 0 Å². The fraction of sp³-hybridized carbons (Fsp3) is 0. The highest BCUT2D eigenvalue weighted by atomic mass is 16.3. The number of rotatable bonds is 6. The lowest BCUT2D eigenvalue weighted by Gasteiger charge is -2.25. The second-order valence-corrected chi connectivity index (χ2v) is 10.5. The van der Waals surface area contributed by atoms with E-state index < -0.39 is 0 Å². The molecule has 6 aromatic carbocycles. The molecule has 0 unspecified atom stereocenters. The van der Waals surface area contributed by atoms with Crippen molar-refractivity contribution in [2.24, 2.45) is 0 Å². The second-order valence-electron chi connectivity index (χ2n) is 10.5. The van der Waals surface area contributed by atoms with Gasteiger partial charge in [-0.2, -0.15) is 0 Å². The highest BCUT2D eigenvalue weighted by Gasteiger charge is 2.17. The van der Waals surface area contributed by atoms with Crippen molar-refractivity contribution in [1.82, 2.24) is 15.0 Å². The molecule has 5 heteroatoms. The van der Waals surface area contributed by atoms with Crippen LogP contribution in [0.1, 0.15) is 0 Å². The van der Waals surface area contributed by atoms with Gasteiger partial charge < -0.3 is 9.32 Å². The first-order valence-corrected chi connectivity index (χ1v) is 14.5. The van der Waals surface area contributed by atoms with E-state index in [2.05, 4.69) is 83.8 Å². The molecule has 0 saturated carbocycles. The van der Waals surface area contributed by atoms with Crippen LogP contribution in [0.2, 0.25) is 0 Å². The average molecular weight is 567 g/mol. The van der Waals surface area contributed by atoms with Crippen molar-refractivity contribution in [2.45, 2.75) is 0 Å². The lowest BCUT2D eigenvalue weighted by Crippen LogP contribution is -2.09. The molecular formula is C39H26N4O. The zero-order valence-electron chi connectivity index (χ0n) is 23.7. The molecule has 0 aliphatic carbocycles. The van der Waals surface area contributed by atoms with E-state index in [1.165, 1.54) is 0 Å². The lowest BCUT2D eigenvalue weighted by atomic mass is 10.1. The normalized spacial score (nSPS) is 11.2. The summed E-state index contributed by atoms with van der Waals surface area (Å²) >= 11 is 0. The average Bonchev–Trinajstić information content (AvgIpc) is 3.47. The summed E-state index contributed by atoms with van der Waals surface area (Å²) in [5.74, 6) is 1.86. The van der Waals surface area contributed by atoms with Crippen LogP contribution < -0.4 is 4.90 Å². The first-order chi connectivity index (χ1) is 21.8. The minimum absolute atomic E-state index is 0.597. The summed E-state index contributed by atoms with van der Waals surface area (Å²) < 4.78 is 6.51. The third kappa shape index (κ3) is 4.76. The summed E-state index contributed by atoms with van der Waals surface area (Å²) in [6.07, 6.45) is 0. The summed E-state index contributed by atoms with van der Waals surface area (Å²) in [7, 11) is 0. The molecule has 0 aliphatic heterocycles. The zero-order chi connectivity index (χ0) is 29.3. The molecule has 0 atom stereocenters. The van der Waals surface area contributed by atoms with Gasteiger partial charge in [-0.3, -0.25) is 0 Å². The van der Waals surface area contributed by atoms with Gasteiger partial charge in [0.2, 0.25) is 0 Å². The van der Waals surface area contributed by atoms with Crippen molar-refractivity contribution in [1.29, 1.82) is 0 Å². The molecule has 8 rings (SSSR count). The SMILES string of the molecule is c1ccc(-c2nc(-c3ccccc3)nc(-c3ccc4c(c3)oc3cc(N(c5ccccc5)c5ccccc5)ccc34)n2)cc1. The Labute approximate surface area is 254 Å². The Morgan fingerprint density at radius 1 is 0.364 bits per heavy atom. The number of aromatic nitrogens is 3. The van der Waals surface area contributed by atoms with E-state index in [1.807, 2.05) is 78.9 Å². The van der Waals surface area contributed by atoms with E-state index in [4.69, 9.17) is 19.4 Å². The quantitative estimate of drug-likeness (QED) is 0.200. The van der Waals surface area contributed by atoms with Gasteiger partial charge in [0.1, 0.15) is 11.2 Å². The van der Waals surface area contributed by atoms with Crippen LogP contribution in [0.4, 0.5) is 17.1 Å². The summed E-state index contributed by atoms with van der Waals surface area (Å²) in [5, 5.41) is 2.10. The fourth-order valence-corrected chi connectivity index (χ4v) is 5.58. The fourth-order valence-electron chi connectivity index (χ4n) is 5.58. The van der Waals surface area contributed by atoms with Gasteiger partial charge in [0, 0.05) is 50.6 Å². The highest BCUT2D eigenvalue weighted by molar-refractivity contribution is 6.07. The molecule has 0 fully saturated rings. The summed E-state index contributed by atoms with van der Waals surface area (Å²) in [6, 6.07) is 53.3. The van der Waals surface area contributed by atoms with Crippen LogP contribution in [-0.2, 0) is 0 Å². The Morgan fingerprint density at radius 3 is 1.32 bits per heavy atom. The number of para-hydroxylation sites is 2. The van der Waals surface area contributed by atoms with Gasteiger partial charge >= 0.3 is 0 Å². The maximum atomic E-state index is 6.51. The number of hydrogen-bond donors (Lipinski definition) is 0. The van der Waals surface area contributed by atoms with E-state index >= 15 is 0 Å². The van der Waals surface area contributed by atoms with Crippen molar-refractivity contribution in [3.63, 3.8) is 0 Å². The number of hydrogen-bond acceptors (Lipinski definition) is 5. The molecule has 0 spiro atoms. The molecule has 2 aromatic heterocycles. The molecule has 8 aromatic rings. The molecule has 0 N–H and O–H groups in total. The van der Waals surface area contributed by atoms with Crippen molar-refractivity contribution >= 4 is 39.0 Å². The Balaban J connectivity index is 1.24. The Morgan fingerprint density at radius 2 is 0.795 bits per heavy atom. The van der Waals surface area contributed by atoms with Crippen LogP contribution in [0.5, 0.6) is 0 Å². The predicted octanol–water partition coefficient (Wildman–Crippen LogP) is 10.2. The molecule has 0 aliphatic rings. The Hall–Kier alpha value is -6.07. The number of anilines is 3. The molecule has 0 amide bonds. The van der Waals surface area contributed by atoms with E-state index in [9.17, 15) is 0 Å². The number of fused-ring (bicyclic) bond motifs is 3. The zero-order valence-corrected chi connectivity index (χ0v) is 23.7.